The summed E-state index contributed by atoms with van der Waals surface area (Å²) >= 11 is 3.42. The fourth-order valence-electron chi connectivity index (χ4n) is 2.15. The van der Waals surface area contributed by atoms with Gasteiger partial charge in [-0.05, 0) is 43.3 Å². The standard InChI is InChI=1S/C17H19BrN2O/c1-13-10-15(18)8-9-16(13)19-17(21)12-20(2)11-14-6-4-3-5-7-14/h3-10H,11-12H2,1-2H3,(H,19,21). The van der Waals surface area contributed by atoms with Gasteiger partial charge >= 0.3 is 0 Å². The molecule has 0 aromatic heterocycles. The fourth-order valence-corrected chi connectivity index (χ4v) is 2.63. The van der Waals surface area contributed by atoms with E-state index in [0.29, 0.717) is 6.54 Å². The zero-order valence-electron chi connectivity index (χ0n) is 12.3. The Kier molecular flexibility index (Phi) is 5.53. The van der Waals surface area contributed by atoms with Crippen molar-refractivity contribution in [2.24, 2.45) is 0 Å². The lowest BCUT2D eigenvalue weighted by Gasteiger charge is -2.17. The van der Waals surface area contributed by atoms with E-state index in [1.54, 1.807) is 0 Å². The highest BCUT2D eigenvalue weighted by Crippen LogP contribution is 2.19. The molecule has 0 spiro atoms. The van der Waals surface area contributed by atoms with Crippen molar-refractivity contribution in [1.82, 2.24) is 4.90 Å². The molecule has 0 heterocycles. The molecule has 0 saturated carbocycles. The number of rotatable bonds is 5. The summed E-state index contributed by atoms with van der Waals surface area (Å²) in [7, 11) is 1.95. The Balaban J connectivity index is 1.89. The van der Waals surface area contributed by atoms with Crippen molar-refractivity contribution in [3.63, 3.8) is 0 Å². The third-order valence-electron chi connectivity index (χ3n) is 3.17. The second-order valence-electron chi connectivity index (χ2n) is 5.17. The number of likely N-dealkylation sites (N-methyl/N-ethyl adjacent to an activating group) is 1. The molecule has 3 nitrogen and oxygen atoms in total. The Labute approximate surface area is 134 Å². The number of benzene rings is 2. The van der Waals surface area contributed by atoms with Gasteiger partial charge in [0, 0.05) is 16.7 Å². The second kappa shape index (κ2) is 7.38. The van der Waals surface area contributed by atoms with Crippen LogP contribution in [0.4, 0.5) is 5.69 Å². The van der Waals surface area contributed by atoms with Crippen LogP contribution in [0.5, 0.6) is 0 Å². The van der Waals surface area contributed by atoms with Crippen molar-refractivity contribution in [1.29, 1.82) is 0 Å². The fraction of sp³-hybridized carbons (Fsp3) is 0.235. The number of aryl methyl sites for hydroxylation is 1. The molecule has 1 amide bonds. The summed E-state index contributed by atoms with van der Waals surface area (Å²) in [6, 6.07) is 16.0. The number of halogens is 1. The van der Waals surface area contributed by atoms with Crippen LogP contribution in [0.2, 0.25) is 0 Å². The van der Waals surface area contributed by atoms with Crippen LogP contribution < -0.4 is 5.32 Å². The topological polar surface area (TPSA) is 32.3 Å². The monoisotopic (exact) mass is 346 g/mol. The normalized spacial score (nSPS) is 10.7. The van der Waals surface area contributed by atoms with E-state index in [0.717, 1.165) is 22.3 Å². The van der Waals surface area contributed by atoms with Crippen LogP contribution in [0.15, 0.2) is 53.0 Å². The van der Waals surface area contributed by atoms with Gasteiger partial charge in [0.05, 0.1) is 6.54 Å². The SMILES string of the molecule is Cc1cc(Br)ccc1NC(=O)CN(C)Cc1ccccc1. The predicted molar refractivity (Wildman–Crippen MR) is 90.3 cm³/mol. The molecule has 2 aromatic carbocycles. The number of amides is 1. The van der Waals surface area contributed by atoms with Crippen LogP contribution in [0.1, 0.15) is 11.1 Å². The Morgan fingerprint density at radius 3 is 2.57 bits per heavy atom. The van der Waals surface area contributed by atoms with Crippen LogP contribution in [-0.2, 0) is 11.3 Å². The molecule has 0 fully saturated rings. The molecule has 4 heteroatoms. The van der Waals surface area contributed by atoms with E-state index in [2.05, 4.69) is 33.4 Å². The highest BCUT2D eigenvalue weighted by atomic mass is 79.9. The van der Waals surface area contributed by atoms with Gasteiger partial charge in [-0.25, -0.2) is 0 Å². The molecule has 0 aliphatic heterocycles. The predicted octanol–water partition coefficient (Wildman–Crippen LogP) is 3.83. The van der Waals surface area contributed by atoms with Crippen molar-refractivity contribution in [2.45, 2.75) is 13.5 Å². The first-order chi connectivity index (χ1) is 10.0. The maximum atomic E-state index is 12.1. The van der Waals surface area contributed by atoms with Gasteiger partial charge in [-0.3, -0.25) is 9.69 Å². The number of nitrogens with zero attached hydrogens (tertiary/aromatic N) is 1. The lowest BCUT2D eigenvalue weighted by atomic mass is 10.2. The molecule has 0 saturated heterocycles. The largest absolute Gasteiger partial charge is 0.325 e. The smallest absolute Gasteiger partial charge is 0.238 e. The van der Waals surface area contributed by atoms with Crippen molar-refractivity contribution in [3.8, 4) is 0 Å². The zero-order valence-corrected chi connectivity index (χ0v) is 13.9. The minimum Gasteiger partial charge on any atom is -0.325 e. The minimum atomic E-state index is -0.00106. The summed E-state index contributed by atoms with van der Waals surface area (Å²) < 4.78 is 1.01. The lowest BCUT2D eigenvalue weighted by molar-refractivity contribution is -0.117. The molecule has 0 aliphatic carbocycles. The Hall–Kier alpha value is -1.65. The number of carbonyl (C=O) groups excluding carboxylic acids is 1. The van der Waals surface area contributed by atoms with Crippen molar-refractivity contribution < 1.29 is 4.79 Å². The van der Waals surface area contributed by atoms with E-state index in [-0.39, 0.29) is 5.91 Å². The number of carbonyl (C=O) groups is 1. The van der Waals surface area contributed by atoms with E-state index in [1.165, 1.54) is 5.56 Å². The van der Waals surface area contributed by atoms with E-state index < -0.39 is 0 Å². The highest BCUT2D eigenvalue weighted by Gasteiger charge is 2.09. The summed E-state index contributed by atoms with van der Waals surface area (Å²) in [6.45, 7) is 3.10. The number of hydrogen-bond acceptors (Lipinski definition) is 2. The van der Waals surface area contributed by atoms with E-state index in [4.69, 9.17) is 0 Å². The van der Waals surface area contributed by atoms with Gasteiger partial charge in [0.1, 0.15) is 0 Å². The summed E-state index contributed by atoms with van der Waals surface area (Å²) in [5, 5.41) is 2.95. The second-order valence-corrected chi connectivity index (χ2v) is 6.08. The first-order valence-corrected chi connectivity index (χ1v) is 7.62. The minimum absolute atomic E-state index is 0.00106. The van der Waals surface area contributed by atoms with Crippen molar-refractivity contribution >= 4 is 27.5 Å². The van der Waals surface area contributed by atoms with E-state index >= 15 is 0 Å². The number of nitrogens with one attached hydrogen (secondary N) is 1. The van der Waals surface area contributed by atoms with Gasteiger partial charge < -0.3 is 5.32 Å². The molecule has 0 atom stereocenters. The maximum absolute atomic E-state index is 12.1. The highest BCUT2D eigenvalue weighted by molar-refractivity contribution is 9.10. The molecular weight excluding hydrogens is 328 g/mol. The van der Waals surface area contributed by atoms with Crippen LogP contribution in [0.25, 0.3) is 0 Å². The Bertz CT molecular complexity index is 613. The van der Waals surface area contributed by atoms with Gasteiger partial charge in [-0.1, -0.05) is 46.3 Å². The molecule has 21 heavy (non-hydrogen) atoms. The van der Waals surface area contributed by atoms with Gasteiger partial charge in [0.15, 0.2) is 0 Å². The first kappa shape index (κ1) is 15.7. The number of hydrogen-bond donors (Lipinski definition) is 1. The van der Waals surface area contributed by atoms with Gasteiger partial charge in [-0.15, -0.1) is 0 Å². The van der Waals surface area contributed by atoms with Crippen LogP contribution in [-0.4, -0.2) is 24.4 Å². The van der Waals surface area contributed by atoms with Crippen molar-refractivity contribution in [3.05, 3.63) is 64.1 Å². The van der Waals surface area contributed by atoms with E-state index in [1.807, 2.05) is 55.3 Å². The van der Waals surface area contributed by atoms with Crippen LogP contribution in [0, 0.1) is 6.92 Å². The maximum Gasteiger partial charge on any atom is 0.238 e. The van der Waals surface area contributed by atoms with Gasteiger partial charge in [-0.2, -0.15) is 0 Å². The van der Waals surface area contributed by atoms with Gasteiger partial charge in [0.2, 0.25) is 5.91 Å². The third kappa shape index (κ3) is 4.99. The lowest BCUT2D eigenvalue weighted by Crippen LogP contribution is -2.30. The molecule has 110 valence electrons. The quantitative estimate of drug-likeness (QED) is 0.892. The summed E-state index contributed by atoms with van der Waals surface area (Å²) in [5.41, 5.74) is 3.10. The van der Waals surface area contributed by atoms with Crippen molar-refractivity contribution in [2.75, 3.05) is 18.9 Å². The Morgan fingerprint density at radius 1 is 1.19 bits per heavy atom. The Morgan fingerprint density at radius 2 is 1.90 bits per heavy atom. The average molecular weight is 347 g/mol. The molecule has 2 rings (SSSR count). The van der Waals surface area contributed by atoms with Crippen LogP contribution >= 0.6 is 15.9 Å². The summed E-state index contributed by atoms with van der Waals surface area (Å²) in [6.07, 6.45) is 0. The van der Waals surface area contributed by atoms with E-state index in [9.17, 15) is 4.79 Å². The molecule has 0 aliphatic rings. The first-order valence-electron chi connectivity index (χ1n) is 6.83. The zero-order chi connectivity index (χ0) is 15.2. The molecule has 1 N–H and O–H groups in total. The average Bonchev–Trinajstić information content (AvgIpc) is 2.43. The summed E-state index contributed by atoms with van der Waals surface area (Å²) in [4.78, 5) is 14.1. The third-order valence-corrected chi connectivity index (χ3v) is 3.66. The summed E-state index contributed by atoms with van der Waals surface area (Å²) in [5.74, 6) is -0.00106. The number of anilines is 1. The van der Waals surface area contributed by atoms with Gasteiger partial charge in [0.25, 0.3) is 0 Å². The molecular formula is C17H19BrN2O. The molecule has 0 radical (unpaired) electrons. The molecule has 2 aromatic rings. The molecule has 0 bridgehead atoms. The van der Waals surface area contributed by atoms with Crippen LogP contribution in [0.3, 0.4) is 0 Å². The molecule has 0 unspecified atom stereocenters.